The predicted molar refractivity (Wildman–Crippen MR) is 97.6 cm³/mol. The highest BCUT2D eigenvalue weighted by Gasteiger charge is 2.14. The molecule has 0 unspecified atom stereocenters. The maximum Gasteiger partial charge on any atom is 0.261 e. The highest BCUT2D eigenvalue weighted by atomic mass is 32.2. The van der Waals surface area contributed by atoms with Crippen LogP contribution in [0.5, 0.6) is 5.75 Å². The van der Waals surface area contributed by atoms with E-state index in [4.69, 9.17) is 4.74 Å². The van der Waals surface area contributed by atoms with Gasteiger partial charge in [-0.25, -0.2) is 13.4 Å². The molecule has 1 heterocycles. The van der Waals surface area contributed by atoms with E-state index in [1.54, 1.807) is 30.5 Å². The number of imidazole rings is 1. The van der Waals surface area contributed by atoms with Gasteiger partial charge in [-0.1, -0.05) is 11.8 Å². The molecule has 0 saturated heterocycles. The van der Waals surface area contributed by atoms with Crippen molar-refractivity contribution >= 4 is 27.5 Å². The Labute approximate surface area is 150 Å². The van der Waals surface area contributed by atoms with Crippen molar-refractivity contribution in [2.75, 3.05) is 11.8 Å². The number of anilines is 1. The molecule has 25 heavy (non-hydrogen) atoms. The van der Waals surface area contributed by atoms with Crippen LogP contribution in [-0.2, 0) is 17.1 Å². The van der Waals surface area contributed by atoms with Crippen LogP contribution in [0.15, 0.2) is 75.9 Å². The maximum atomic E-state index is 12.4. The number of aryl methyl sites for hydroxylation is 1. The fraction of sp³-hybridized carbons (Fsp3) is 0.118. The van der Waals surface area contributed by atoms with E-state index in [-0.39, 0.29) is 4.90 Å². The second-order valence-electron chi connectivity index (χ2n) is 5.23. The monoisotopic (exact) mass is 375 g/mol. The van der Waals surface area contributed by atoms with Crippen molar-refractivity contribution in [2.24, 2.45) is 7.05 Å². The van der Waals surface area contributed by atoms with Gasteiger partial charge >= 0.3 is 0 Å². The van der Waals surface area contributed by atoms with E-state index in [1.807, 2.05) is 29.9 Å². The van der Waals surface area contributed by atoms with Gasteiger partial charge in [-0.05, 0) is 48.5 Å². The molecule has 1 aromatic heterocycles. The highest BCUT2D eigenvalue weighted by molar-refractivity contribution is 7.99. The third kappa shape index (κ3) is 4.15. The maximum absolute atomic E-state index is 12.4. The fourth-order valence-electron chi connectivity index (χ4n) is 2.12. The molecule has 0 fully saturated rings. The summed E-state index contributed by atoms with van der Waals surface area (Å²) in [5, 5.41) is 0.867. The van der Waals surface area contributed by atoms with Gasteiger partial charge in [0.25, 0.3) is 10.0 Å². The van der Waals surface area contributed by atoms with Crippen molar-refractivity contribution in [2.45, 2.75) is 14.9 Å². The molecule has 0 amide bonds. The fourth-order valence-corrected chi connectivity index (χ4v) is 3.98. The lowest BCUT2D eigenvalue weighted by Gasteiger charge is -2.09. The summed E-state index contributed by atoms with van der Waals surface area (Å²) in [6.07, 6.45) is 3.61. The summed E-state index contributed by atoms with van der Waals surface area (Å²) in [4.78, 5) is 5.40. The Balaban J connectivity index is 1.72. The summed E-state index contributed by atoms with van der Waals surface area (Å²) in [5.41, 5.74) is 0.500. The van der Waals surface area contributed by atoms with E-state index in [0.29, 0.717) is 11.4 Å². The van der Waals surface area contributed by atoms with Crippen LogP contribution in [0.3, 0.4) is 0 Å². The SMILES string of the molecule is COc1ccc(S(=O)(=O)Nc2ccc(Sc3nccn3C)cc2)cc1. The third-order valence-corrected chi connectivity index (χ3v) is 5.94. The van der Waals surface area contributed by atoms with Gasteiger partial charge in [0, 0.05) is 30.0 Å². The Bertz CT molecular complexity index is 950. The zero-order chi connectivity index (χ0) is 17.9. The number of benzene rings is 2. The zero-order valence-corrected chi connectivity index (χ0v) is 15.3. The molecule has 8 heteroatoms. The van der Waals surface area contributed by atoms with Gasteiger partial charge < -0.3 is 9.30 Å². The van der Waals surface area contributed by atoms with Crippen LogP contribution in [0.25, 0.3) is 0 Å². The van der Waals surface area contributed by atoms with Gasteiger partial charge in [-0.15, -0.1) is 0 Å². The van der Waals surface area contributed by atoms with E-state index in [1.165, 1.54) is 31.0 Å². The molecule has 1 N–H and O–H groups in total. The lowest BCUT2D eigenvalue weighted by Crippen LogP contribution is -2.12. The Morgan fingerprint density at radius 2 is 1.76 bits per heavy atom. The first-order valence-corrected chi connectivity index (χ1v) is 9.70. The lowest BCUT2D eigenvalue weighted by atomic mass is 10.3. The molecule has 0 bridgehead atoms. The Kier molecular flexibility index (Phi) is 5.00. The summed E-state index contributed by atoms with van der Waals surface area (Å²) in [7, 11) is -0.179. The average Bonchev–Trinajstić information content (AvgIpc) is 3.01. The van der Waals surface area contributed by atoms with Crippen LogP contribution in [-0.4, -0.2) is 25.1 Å². The number of hydrogen-bond acceptors (Lipinski definition) is 5. The summed E-state index contributed by atoms with van der Waals surface area (Å²) in [6, 6.07) is 13.4. The molecule has 130 valence electrons. The number of sulfonamides is 1. The van der Waals surface area contributed by atoms with Crippen molar-refractivity contribution in [1.29, 1.82) is 0 Å². The van der Waals surface area contributed by atoms with Crippen molar-refractivity contribution in [1.82, 2.24) is 9.55 Å². The van der Waals surface area contributed by atoms with E-state index < -0.39 is 10.0 Å². The molecule has 0 atom stereocenters. The summed E-state index contributed by atoms with van der Waals surface area (Å²) < 4.78 is 34.4. The van der Waals surface area contributed by atoms with Gasteiger partial charge in [0.1, 0.15) is 5.75 Å². The van der Waals surface area contributed by atoms with E-state index in [9.17, 15) is 8.42 Å². The van der Waals surface area contributed by atoms with Crippen LogP contribution in [0, 0.1) is 0 Å². The number of nitrogens with zero attached hydrogens (tertiary/aromatic N) is 2. The summed E-state index contributed by atoms with van der Waals surface area (Å²) >= 11 is 1.51. The van der Waals surface area contributed by atoms with Crippen molar-refractivity contribution in [3.05, 3.63) is 60.9 Å². The second-order valence-corrected chi connectivity index (χ2v) is 7.95. The average molecular weight is 375 g/mol. The number of rotatable bonds is 6. The standard InChI is InChI=1S/C17H17N3O3S2/c1-20-12-11-18-17(20)24-15-7-3-13(4-8-15)19-25(21,22)16-9-5-14(23-2)6-10-16/h3-12,19H,1-2H3. The minimum absolute atomic E-state index is 0.180. The number of methoxy groups -OCH3 is 1. The third-order valence-electron chi connectivity index (χ3n) is 3.46. The minimum Gasteiger partial charge on any atom is -0.497 e. The van der Waals surface area contributed by atoms with Gasteiger partial charge in [0.2, 0.25) is 0 Å². The van der Waals surface area contributed by atoms with Crippen molar-refractivity contribution in [3.63, 3.8) is 0 Å². The molecular formula is C17H17N3O3S2. The molecule has 0 aliphatic rings. The molecule has 6 nitrogen and oxygen atoms in total. The van der Waals surface area contributed by atoms with E-state index in [2.05, 4.69) is 9.71 Å². The topological polar surface area (TPSA) is 73.2 Å². The number of aromatic nitrogens is 2. The van der Waals surface area contributed by atoms with Gasteiger partial charge in [-0.2, -0.15) is 0 Å². The minimum atomic E-state index is -3.64. The molecule has 0 saturated carbocycles. The van der Waals surface area contributed by atoms with Gasteiger partial charge in [0.05, 0.1) is 12.0 Å². The van der Waals surface area contributed by atoms with Gasteiger partial charge in [-0.3, -0.25) is 4.72 Å². The van der Waals surface area contributed by atoms with Crippen LogP contribution in [0.1, 0.15) is 0 Å². The zero-order valence-electron chi connectivity index (χ0n) is 13.7. The van der Waals surface area contributed by atoms with Crippen molar-refractivity contribution in [3.8, 4) is 5.75 Å². The molecule has 0 aliphatic heterocycles. The molecule has 0 aliphatic carbocycles. The Morgan fingerprint density at radius 3 is 2.32 bits per heavy atom. The summed E-state index contributed by atoms with van der Waals surface area (Å²) in [5.74, 6) is 0.606. The number of ether oxygens (including phenoxy) is 1. The first-order chi connectivity index (χ1) is 12.0. The number of hydrogen-bond donors (Lipinski definition) is 1. The predicted octanol–water partition coefficient (Wildman–Crippen LogP) is 3.38. The smallest absolute Gasteiger partial charge is 0.261 e. The van der Waals surface area contributed by atoms with Crippen LogP contribution in [0.4, 0.5) is 5.69 Å². The second kappa shape index (κ2) is 7.20. The quantitative estimate of drug-likeness (QED) is 0.715. The molecule has 3 aromatic rings. The molecular weight excluding hydrogens is 358 g/mol. The largest absolute Gasteiger partial charge is 0.497 e. The highest BCUT2D eigenvalue weighted by Crippen LogP contribution is 2.27. The molecule has 0 spiro atoms. The Hall–Kier alpha value is -2.45. The van der Waals surface area contributed by atoms with E-state index in [0.717, 1.165) is 10.1 Å². The molecule has 3 rings (SSSR count). The number of nitrogens with one attached hydrogen (secondary N) is 1. The Morgan fingerprint density at radius 1 is 1.08 bits per heavy atom. The first-order valence-electron chi connectivity index (χ1n) is 7.40. The van der Waals surface area contributed by atoms with Crippen LogP contribution in [0.2, 0.25) is 0 Å². The summed E-state index contributed by atoms with van der Waals surface area (Å²) in [6.45, 7) is 0. The molecule has 0 radical (unpaired) electrons. The first kappa shape index (κ1) is 17.4. The van der Waals surface area contributed by atoms with Crippen molar-refractivity contribution < 1.29 is 13.2 Å². The lowest BCUT2D eigenvalue weighted by molar-refractivity contribution is 0.414. The van der Waals surface area contributed by atoms with E-state index >= 15 is 0 Å². The van der Waals surface area contributed by atoms with Gasteiger partial charge in [0.15, 0.2) is 5.16 Å². The van der Waals surface area contributed by atoms with Crippen LogP contribution < -0.4 is 9.46 Å². The van der Waals surface area contributed by atoms with Crippen LogP contribution >= 0.6 is 11.8 Å². The normalized spacial score (nSPS) is 11.3. The molecule has 2 aromatic carbocycles.